The smallest absolute Gasteiger partial charge is 0.323 e. The first-order chi connectivity index (χ1) is 6.34. The van der Waals surface area contributed by atoms with E-state index in [9.17, 15) is 4.79 Å². The molecule has 0 bridgehead atoms. The molecular weight excluding hydrogens is 164 g/mol. The molecule has 75 valence electrons. The first-order valence-electron chi connectivity index (χ1n) is 5.31. The fourth-order valence-corrected chi connectivity index (χ4v) is 1.54. The van der Waals surface area contributed by atoms with Crippen LogP contribution < -0.4 is 5.32 Å². The highest BCUT2D eigenvalue weighted by molar-refractivity contribution is 5.74. The fourth-order valence-electron chi connectivity index (χ4n) is 1.54. The first kappa shape index (κ1) is 10.4. The molecule has 0 N–H and O–H groups in total. The first-order valence-corrected chi connectivity index (χ1v) is 5.31. The zero-order chi connectivity index (χ0) is 9.52. The van der Waals surface area contributed by atoms with Crippen molar-refractivity contribution >= 4 is 6.03 Å². The number of likely N-dealkylation sites (tertiary alicyclic amines) is 1. The van der Waals surface area contributed by atoms with Gasteiger partial charge in [-0.1, -0.05) is 19.8 Å². The molecule has 0 aromatic rings. The summed E-state index contributed by atoms with van der Waals surface area (Å²) in [5.41, 5.74) is 0. The van der Waals surface area contributed by atoms with Crippen LogP contribution in [-0.4, -0.2) is 30.6 Å². The van der Waals surface area contributed by atoms with Crippen molar-refractivity contribution in [2.45, 2.75) is 39.0 Å². The van der Waals surface area contributed by atoms with Crippen LogP contribution in [0.25, 0.3) is 0 Å². The largest absolute Gasteiger partial charge is 0.338 e. The molecule has 13 heavy (non-hydrogen) atoms. The molecule has 0 saturated carbocycles. The van der Waals surface area contributed by atoms with Gasteiger partial charge in [-0.15, -0.1) is 0 Å². The van der Waals surface area contributed by atoms with Crippen LogP contribution in [0.5, 0.6) is 0 Å². The Balaban J connectivity index is 2.03. The molecule has 0 atom stereocenters. The molecule has 1 aliphatic heterocycles. The number of carbonyl (C=O) groups excluding carboxylic acids is 1. The number of amides is 2. The third kappa shape index (κ3) is 3.66. The molecule has 0 aromatic carbocycles. The van der Waals surface area contributed by atoms with Crippen LogP contribution in [0.15, 0.2) is 0 Å². The molecule has 0 aliphatic carbocycles. The lowest BCUT2D eigenvalue weighted by molar-refractivity contribution is 0.207. The van der Waals surface area contributed by atoms with Gasteiger partial charge in [0.05, 0.1) is 0 Å². The van der Waals surface area contributed by atoms with Crippen molar-refractivity contribution in [1.82, 2.24) is 10.2 Å². The van der Waals surface area contributed by atoms with Crippen LogP contribution in [0.4, 0.5) is 4.79 Å². The minimum atomic E-state index is 0.00797. The van der Waals surface area contributed by atoms with Crippen molar-refractivity contribution in [1.29, 1.82) is 0 Å². The van der Waals surface area contributed by atoms with Crippen LogP contribution in [0.2, 0.25) is 0 Å². The Kier molecular flexibility index (Phi) is 4.65. The molecule has 1 saturated heterocycles. The van der Waals surface area contributed by atoms with Gasteiger partial charge in [0.15, 0.2) is 0 Å². The topological polar surface area (TPSA) is 34.4 Å². The van der Waals surface area contributed by atoms with E-state index >= 15 is 0 Å². The highest BCUT2D eigenvalue weighted by Gasteiger charge is 2.17. The lowest BCUT2D eigenvalue weighted by atomic mass is 10.2. The maximum atomic E-state index is 11.4. The van der Waals surface area contributed by atoms with Crippen molar-refractivity contribution in [3.05, 3.63) is 0 Å². The minimum absolute atomic E-state index is 0.00797. The predicted octanol–water partition coefficient (Wildman–Crippen LogP) is 2.00. The highest BCUT2D eigenvalue weighted by Crippen LogP contribution is 2.07. The van der Waals surface area contributed by atoms with Crippen LogP contribution in [0.1, 0.15) is 39.0 Å². The Morgan fingerprint density at radius 3 is 2.62 bits per heavy atom. The lowest BCUT2D eigenvalue weighted by Crippen LogP contribution is -2.33. The zero-order valence-corrected chi connectivity index (χ0v) is 8.46. The molecule has 0 spiro atoms. The van der Waals surface area contributed by atoms with Gasteiger partial charge in [0.25, 0.3) is 0 Å². The van der Waals surface area contributed by atoms with E-state index in [2.05, 4.69) is 12.2 Å². The van der Waals surface area contributed by atoms with Gasteiger partial charge in [0.1, 0.15) is 0 Å². The molecule has 1 heterocycles. The van der Waals surface area contributed by atoms with Crippen LogP contribution >= 0.6 is 0 Å². The molecule has 0 aromatic heterocycles. The van der Waals surface area contributed by atoms with Crippen molar-refractivity contribution in [3.63, 3.8) is 0 Å². The SMILES string of the molecule is CCCCC[N]C(=O)N1CCCC1. The minimum Gasteiger partial charge on any atom is -0.323 e. The van der Waals surface area contributed by atoms with Gasteiger partial charge >= 0.3 is 6.03 Å². The van der Waals surface area contributed by atoms with Crippen LogP contribution in [0.3, 0.4) is 0 Å². The van der Waals surface area contributed by atoms with Crippen molar-refractivity contribution in [2.75, 3.05) is 19.6 Å². The van der Waals surface area contributed by atoms with E-state index in [0.29, 0.717) is 6.54 Å². The summed E-state index contributed by atoms with van der Waals surface area (Å²) in [6.45, 7) is 4.69. The second-order valence-corrected chi connectivity index (χ2v) is 3.57. The lowest BCUT2D eigenvalue weighted by Gasteiger charge is -2.13. The predicted molar refractivity (Wildman–Crippen MR) is 52.7 cm³/mol. The van der Waals surface area contributed by atoms with Gasteiger partial charge in [-0.05, 0) is 19.3 Å². The Hall–Kier alpha value is -0.730. The number of nitrogens with zero attached hydrogens (tertiary/aromatic N) is 2. The summed E-state index contributed by atoms with van der Waals surface area (Å²) in [6.07, 6.45) is 5.72. The van der Waals surface area contributed by atoms with Crippen molar-refractivity contribution in [2.24, 2.45) is 0 Å². The molecule has 1 aliphatic rings. The van der Waals surface area contributed by atoms with Crippen LogP contribution in [0, 0.1) is 0 Å². The molecule has 2 amide bonds. The Morgan fingerprint density at radius 2 is 2.00 bits per heavy atom. The molecular formula is C10H19N2O. The number of hydrogen-bond acceptors (Lipinski definition) is 1. The quantitative estimate of drug-likeness (QED) is 0.614. The summed E-state index contributed by atoms with van der Waals surface area (Å²) in [5, 5.41) is 4.03. The van der Waals surface area contributed by atoms with E-state index in [-0.39, 0.29) is 6.03 Å². The Morgan fingerprint density at radius 1 is 1.31 bits per heavy atom. The normalized spacial score (nSPS) is 16.2. The average molecular weight is 183 g/mol. The van der Waals surface area contributed by atoms with Gasteiger partial charge in [-0.2, -0.15) is 0 Å². The molecule has 0 unspecified atom stereocenters. The number of carbonyl (C=O) groups is 1. The highest BCUT2D eigenvalue weighted by atomic mass is 16.2. The second-order valence-electron chi connectivity index (χ2n) is 3.57. The van der Waals surface area contributed by atoms with Gasteiger partial charge in [-0.25, -0.2) is 10.1 Å². The Bertz CT molecular complexity index is 153. The number of hydrogen-bond donors (Lipinski definition) is 0. The van der Waals surface area contributed by atoms with Crippen LogP contribution in [-0.2, 0) is 0 Å². The van der Waals surface area contributed by atoms with E-state index in [0.717, 1.165) is 32.4 Å². The maximum Gasteiger partial charge on any atom is 0.338 e. The Labute approximate surface area is 80.5 Å². The average Bonchev–Trinajstić information content (AvgIpc) is 2.65. The molecule has 3 heteroatoms. The van der Waals surface area contributed by atoms with E-state index in [1.54, 1.807) is 0 Å². The van der Waals surface area contributed by atoms with E-state index in [1.165, 1.54) is 12.8 Å². The van der Waals surface area contributed by atoms with Gasteiger partial charge in [-0.3, -0.25) is 0 Å². The number of unbranched alkanes of at least 4 members (excludes halogenated alkanes) is 2. The van der Waals surface area contributed by atoms with E-state index < -0.39 is 0 Å². The van der Waals surface area contributed by atoms with E-state index in [1.807, 2.05) is 4.90 Å². The molecule has 1 rings (SSSR count). The summed E-state index contributed by atoms with van der Waals surface area (Å²) in [5.74, 6) is 0. The maximum absolute atomic E-state index is 11.4. The second kappa shape index (κ2) is 5.84. The summed E-state index contributed by atoms with van der Waals surface area (Å²) in [7, 11) is 0. The molecule has 1 radical (unpaired) electrons. The zero-order valence-electron chi connectivity index (χ0n) is 8.46. The molecule has 1 fully saturated rings. The standard InChI is InChI=1S/C10H19N2O/c1-2-3-4-7-11-10(13)12-8-5-6-9-12/h2-9H2,1H3. The third-order valence-electron chi connectivity index (χ3n) is 2.39. The monoisotopic (exact) mass is 183 g/mol. The van der Waals surface area contributed by atoms with Gasteiger partial charge < -0.3 is 4.90 Å². The van der Waals surface area contributed by atoms with Crippen molar-refractivity contribution in [3.8, 4) is 0 Å². The fraction of sp³-hybridized carbons (Fsp3) is 0.900. The number of urea groups is 1. The third-order valence-corrected chi connectivity index (χ3v) is 2.39. The van der Waals surface area contributed by atoms with E-state index in [4.69, 9.17) is 0 Å². The summed E-state index contributed by atoms with van der Waals surface area (Å²) < 4.78 is 0. The summed E-state index contributed by atoms with van der Waals surface area (Å²) in [4.78, 5) is 13.2. The van der Waals surface area contributed by atoms with Gasteiger partial charge in [0, 0.05) is 19.6 Å². The number of rotatable bonds is 4. The summed E-state index contributed by atoms with van der Waals surface area (Å²) >= 11 is 0. The summed E-state index contributed by atoms with van der Waals surface area (Å²) in [6, 6.07) is 0.00797. The van der Waals surface area contributed by atoms with Crippen molar-refractivity contribution < 1.29 is 4.79 Å². The van der Waals surface area contributed by atoms with Gasteiger partial charge in [0.2, 0.25) is 0 Å². The molecule has 3 nitrogen and oxygen atoms in total.